The number of aromatic nitrogens is 2. The van der Waals surface area contributed by atoms with Crippen molar-refractivity contribution in [2.45, 2.75) is 25.4 Å². The lowest BCUT2D eigenvalue weighted by molar-refractivity contribution is -0.121. The van der Waals surface area contributed by atoms with Crippen LogP contribution in [0.25, 0.3) is 22.1 Å². The molecular formula is C17H19ClN4O3. The maximum absolute atomic E-state index is 12.5. The van der Waals surface area contributed by atoms with E-state index in [9.17, 15) is 9.59 Å². The van der Waals surface area contributed by atoms with Crippen LogP contribution in [0.5, 0.6) is 0 Å². The monoisotopic (exact) mass is 362 g/mol. The second-order valence-electron chi connectivity index (χ2n) is 6.26. The van der Waals surface area contributed by atoms with E-state index in [2.05, 4.69) is 10.3 Å². The molecule has 2 aromatic heterocycles. The van der Waals surface area contributed by atoms with Gasteiger partial charge in [0.1, 0.15) is 17.6 Å². The predicted octanol–water partition coefficient (Wildman–Crippen LogP) is 1.42. The van der Waals surface area contributed by atoms with Crippen LogP contribution in [0.1, 0.15) is 12.8 Å². The number of rotatable bonds is 5. The molecule has 1 aliphatic carbocycles. The Kier molecular flexibility index (Phi) is 4.78. The molecule has 3 aromatic rings. The van der Waals surface area contributed by atoms with Crippen molar-refractivity contribution in [3.63, 3.8) is 0 Å². The molecule has 132 valence electrons. The normalized spacial score (nSPS) is 15.1. The van der Waals surface area contributed by atoms with Gasteiger partial charge in [-0.05, 0) is 30.9 Å². The summed E-state index contributed by atoms with van der Waals surface area (Å²) in [5, 5.41) is 3.56. The van der Waals surface area contributed by atoms with Crippen LogP contribution in [0.2, 0.25) is 0 Å². The smallest absolute Gasteiger partial charge is 0.297 e. The average Bonchev–Trinajstić information content (AvgIpc) is 3.36. The van der Waals surface area contributed by atoms with E-state index in [-0.39, 0.29) is 42.0 Å². The number of hydrogen-bond acceptors (Lipinski definition) is 5. The standard InChI is InChI=1S/C17H18N4O3.ClH/c18-12(10-5-6-10)7-19-14(22)8-21-9-20-15-11-3-1-2-4-13(11)24-16(15)17(21)23;/h1-4,9-10,12H,5-8,18H2,(H,19,22);1H. The molecule has 0 radical (unpaired) electrons. The fourth-order valence-corrected chi connectivity index (χ4v) is 2.86. The van der Waals surface area contributed by atoms with Crippen molar-refractivity contribution in [1.82, 2.24) is 14.9 Å². The lowest BCUT2D eigenvalue weighted by Gasteiger charge is -2.12. The summed E-state index contributed by atoms with van der Waals surface area (Å²) >= 11 is 0. The number of nitrogens with two attached hydrogens (primary N) is 1. The molecule has 1 fully saturated rings. The molecule has 1 aliphatic rings. The molecule has 0 saturated heterocycles. The molecular weight excluding hydrogens is 344 g/mol. The van der Waals surface area contributed by atoms with Gasteiger partial charge in [-0.15, -0.1) is 12.4 Å². The Morgan fingerprint density at radius 3 is 2.92 bits per heavy atom. The minimum Gasteiger partial charge on any atom is -0.448 e. The zero-order chi connectivity index (χ0) is 16.7. The van der Waals surface area contributed by atoms with Crippen LogP contribution >= 0.6 is 12.4 Å². The molecule has 2 heterocycles. The fraction of sp³-hybridized carbons (Fsp3) is 0.353. The molecule has 25 heavy (non-hydrogen) atoms. The first-order valence-electron chi connectivity index (χ1n) is 8.02. The largest absolute Gasteiger partial charge is 0.448 e. The van der Waals surface area contributed by atoms with E-state index in [1.54, 1.807) is 6.07 Å². The van der Waals surface area contributed by atoms with Crippen molar-refractivity contribution >= 4 is 40.4 Å². The maximum atomic E-state index is 12.5. The summed E-state index contributed by atoms with van der Waals surface area (Å²) in [7, 11) is 0. The minimum atomic E-state index is -0.363. The quantitative estimate of drug-likeness (QED) is 0.714. The van der Waals surface area contributed by atoms with E-state index < -0.39 is 0 Å². The van der Waals surface area contributed by atoms with Crippen LogP contribution in [-0.4, -0.2) is 28.0 Å². The summed E-state index contributed by atoms with van der Waals surface area (Å²) in [6, 6.07) is 7.32. The van der Waals surface area contributed by atoms with Gasteiger partial charge >= 0.3 is 0 Å². The van der Waals surface area contributed by atoms with Crippen LogP contribution in [0.15, 0.2) is 39.8 Å². The van der Waals surface area contributed by atoms with E-state index in [1.807, 2.05) is 18.2 Å². The summed E-state index contributed by atoms with van der Waals surface area (Å²) < 4.78 is 6.85. The van der Waals surface area contributed by atoms with Crippen molar-refractivity contribution in [3.8, 4) is 0 Å². The lowest BCUT2D eigenvalue weighted by atomic mass is 10.2. The van der Waals surface area contributed by atoms with Gasteiger partial charge in [0.05, 0.1) is 6.33 Å². The Morgan fingerprint density at radius 1 is 1.40 bits per heavy atom. The number of halogens is 1. The van der Waals surface area contributed by atoms with Gasteiger partial charge in [-0.3, -0.25) is 14.2 Å². The number of carbonyl (C=O) groups is 1. The minimum absolute atomic E-state index is 0. The zero-order valence-corrected chi connectivity index (χ0v) is 14.3. The van der Waals surface area contributed by atoms with Crippen molar-refractivity contribution < 1.29 is 9.21 Å². The Morgan fingerprint density at radius 2 is 2.16 bits per heavy atom. The first kappa shape index (κ1) is 17.4. The number of amides is 1. The van der Waals surface area contributed by atoms with Crippen LogP contribution in [0.3, 0.4) is 0 Å². The summed E-state index contributed by atoms with van der Waals surface area (Å²) in [4.78, 5) is 28.8. The highest BCUT2D eigenvalue weighted by Crippen LogP contribution is 2.31. The highest BCUT2D eigenvalue weighted by molar-refractivity contribution is 6.01. The van der Waals surface area contributed by atoms with Gasteiger partial charge in [-0.2, -0.15) is 0 Å². The number of furan rings is 1. The van der Waals surface area contributed by atoms with Gasteiger partial charge in [-0.1, -0.05) is 12.1 Å². The molecule has 1 amide bonds. The summed E-state index contributed by atoms with van der Waals surface area (Å²) in [5.41, 5.74) is 6.88. The molecule has 3 N–H and O–H groups in total. The SMILES string of the molecule is Cl.NC(CNC(=O)Cn1cnc2c(oc3ccccc32)c1=O)C1CC1. The fourth-order valence-electron chi connectivity index (χ4n) is 2.86. The van der Waals surface area contributed by atoms with Crippen molar-refractivity contribution in [2.75, 3.05) is 6.54 Å². The number of nitrogens with one attached hydrogen (secondary N) is 1. The zero-order valence-electron chi connectivity index (χ0n) is 13.5. The third-order valence-electron chi connectivity index (χ3n) is 4.43. The van der Waals surface area contributed by atoms with Crippen LogP contribution in [-0.2, 0) is 11.3 Å². The van der Waals surface area contributed by atoms with Gasteiger partial charge < -0.3 is 15.5 Å². The van der Waals surface area contributed by atoms with Crippen molar-refractivity contribution in [1.29, 1.82) is 0 Å². The van der Waals surface area contributed by atoms with Crippen LogP contribution in [0.4, 0.5) is 0 Å². The molecule has 1 aromatic carbocycles. The molecule has 8 heteroatoms. The van der Waals surface area contributed by atoms with E-state index in [4.69, 9.17) is 10.2 Å². The highest BCUT2D eigenvalue weighted by Gasteiger charge is 2.28. The van der Waals surface area contributed by atoms with Gasteiger partial charge in [0.2, 0.25) is 11.5 Å². The van der Waals surface area contributed by atoms with E-state index in [1.165, 1.54) is 10.9 Å². The predicted molar refractivity (Wildman–Crippen MR) is 96.7 cm³/mol. The number of nitrogens with zero attached hydrogens (tertiary/aromatic N) is 2. The molecule has 4 rings (SSSR count). The third kappa shape index (κ3) is 3.38. The second kappa shape index (κ2) is 6.85. The van der Waals surface area contributed by atoms with Crippen LogP contribution < -0.4 is 16.6 Å². The molecule has 1 unspecified atom stereocenters. The van der Waals surface area contributed by atoms with Gasteiger partial charge in [0.15, 0.2) is 0 Å². The molecule has 0 spiro atoms. The molecule has 7 nitrogen and oxygen atoms in total. The molecule has 1 atom stereocenters. The van der Waals surface area contributed by atoms with Crippen molar-refractivity contribution in [2.24, 2.45) is 11.7 Å². The number of fused-ring (bicyclic) bond motifs is 3. The second-order valence-corrected chi connectivity index (χ2v) is 6.26. The Hall–Kier alpha value is -2.38. The maximum Gasteiger partial charge on any atom is 0.297 e. The van der Waals surface area contributed by atoms with E-state index in [0.29, 0.717) is 23.6 Å². The summed E-state index contributed by atoms with van der Waals surface area (Å²) in [6.07, 6.45) is 3.64. The first-order valence-corrected chi connectivity index (χ1v) is 8.02. The van der Waals surface area contributed by atoms with Gasteiger partial charge in [0, 0.05) is 18.0 Å². The van der Waals surface area contributed by atoms with E-state index in [0.717, 1.165) is 18.2 Å². The first-order chi connectivity index (χ1) is 11.6. The van der Waals surface area contributed by atoms with E-state index >= 15 is 0 Å². The molecule has 0 bridgehead atoms. The highest BCUT2D eigenvalue weighted by atomic mass is 35.5. The van der Waals surface area contributed by atoms with Gasteiger partial charge in [0.25, 0.3) is 5.56 Å². The average molecular weight is 363 g/mol. The third-order valence-corrected chi connectivity index (χ3v) is 4.43. The Balaban J connectivity index is 0.00000182. The molecule has 1 saturated carbocycles. The Bertz CT molecular complexity index is 977. The summed E-state index contributed by atoms with van der Waals surface area (Å²) in [5.74, 6) is 0.257. The summed E-state index contributed by atoms with van der Waals surface area (Å²) in [6.45, 7) is 0.328. The lowest BCUT2D eigenvalue weighted by Crippen LogP contribution is -2.40. The van der Waals surface area contributed by atoms with Crippen LogP contribution in [0, 0.1) is 5.92 Å². The number of carbonyl (C=O) groups excluding carboxylic acids is 1. The molecule has 0 aliphatic heterocycles. The van der Waals surface area contributed by atoms with Crippen molar-refractivity contribution in [3.05, 3.63) is 40.9 Å². The Labute approximate surface area is 149 Å². The topological polar surface area (TPSA) is 103 Å². The van der Waals surface area contributed by atoms with Gasteiger partial charge in [-0.25, -0.2) is 4.98 Å². The number of para-hydroxylation sites is 1. The number of hydrogen-bond donors (Lipinski definition) is 2. The number of benzene rings is 1.